The number of thiocarbonyl (C=S) groups is 1. The van der Waals surface area contributed by atoms with E-state index in [4.69, 9.17) is 12.2 Å². The minimum atomic E-state index is 0.918. The Hall–Kier alpha value is -1.29. The van der Waals surface area contributed by atoms with Crippen molar-refractivity contribution < 1.29 is 0 Å². The van der Waals surface area contributed by atoms with Crippen LogP contribution in [0.2, 0.25) is 0 Å². The molecule has 3 nitrogen and oxygen atoms in total. The molecule has 4 heteroatoms. The summed E-state index contributed by atoms with van der Waals surface area (Å²) in [6.07, 6.45) is 2.39. The topological polar surface area (TPSA) is 18.5 Å². The fourth-order valence-corrected chi connectivity index (χ4v) is 2.58. The Labute approximate surface area is 121 Å². The lowest BCUT2D eigenvalue weighted by molar-refractivity contribution is 0.380. The Kier molecular flexibility index (Phi) is 5.45. The second-order valence-corrected chi connectivity index (χ2v) is 5.28. The van der Waals surface area contributed by atoms with Crippen molar-refractivity contribution in [1.29, 1.82) is 0 Å². The van der Waals surface area contributed by atoms with Crippen molar-refractivity contribution in [2.45, 2.75) is 19.8 Å². The Morgan fingerprint density at radius 3 is 2.47 bits per heavy atom. The average molecular weight is 277 g/mol. The number of para-hydroxylation sites is 1. The zero-order valence-electron chi connectivity index (χ0n) is 11.6. The molecular weight excluding hydrogens is 254 g/mol. The highest BCUT2D eigenvalue weighted by molar-refractivity contribution is 7.80. The monoisotopic (exact) mass is 277 g/mol. The number of unbranched alkanes of at least 4 members (excludes halogenated alkanes) is 1. The van der Waals surface area contributed by atoms with Gasteiger partial charge in [-0.2, -0.15) is 0 Å². The highest BCUT2D eigenvalue weighted by Crippen LogP contribution is 2.15. The maximum atomic E-state index is 5.44. The molecule has 1 aliphatic rings. The molecule has 2 rings (SSSR count). The zero-order valence-corrected chi connectivity index (χ0v) is 12.5. The molecule has 1 aromatic carbocycles. The Morgan fingerprint density at radius 2 is 1.84 bits per heavy atom. The lowest BCUT2D eigenvalue weighted by Crippen LogP contribution is -2.51. The van der Waals surface area contributed by atoms with Crippen LogP contribution in [0.25, 0.3) is 0 Å². The molecule has 0 saturated carbocycles. The van der Waals surface area contributed by atoms with E-state index in [2.05, 4.69) is 52.4 Å². The van der Waals surface area contributed by atoms with E-state index in [9.17, 15) is 0 Å². The molecule has 1 saturated heterocycles. The first-order valence-electron chi connectivity index (χ1n) is 7.14. The molecule has 1 heterocycles. The minimum Gasteiger partial charge on any atom is -0.368 e. The van der Waals surface area contributed by atoms with E-state index in [0.29, 0.717) is 0 Å². The quantitative estimate of drug-likeness (QED) is 0.673. The highest BCUT2D eigenvalue weighted by Gasteiger charge is 2.18. The maximum Gasteiger partial charge on any atom is 0.169 e. The summed E-state index contributed by atoms with van der Waals surface area (Å²) in [4.78, 5) is 4.70. The molecule has 0 spiro atoms. The Morgan fingerprint density at radius 1 is 1.16 bits per heavy atom. The fourth-order valence-electron chi connectivity index (χ4n) is 2.29. The van der Waals surface area contributed by atoms with Crippen LogP contribution in [-0.4, -0.2) is 42.7 Å². The highest BCUT2D eigenvalue weighted by atomic mass is 32.1. The molecule has 0 unspecified atom stereocenters. The first-order valence-corrected chi connectivity index (χ1v) is 7.55. The third-order valence-electron chi connectivity index (χ3n) is 3.49. The van der Waals surface area contributed by atoms with Gasteiger partial charge < -0.3 is 15.1 Å². The van der Waals surface area contributed by atoms with Gasteiger partial charge >= 0.3 is 0 Å². The van der Waals surface area contributed by atoms with Crippen LogP contribution in [0.15, 0.2) is 30.3 Å². The Bertz CT molecular complexity index is 386. The molecule has 0 amide bonds. The molecular formula is C15H23N3S. The fraction of sp³-hybridized carbons (Fsp3) is 0.533. The van der Waals surface area contributed by atoms with Gasteiger partial charge in [-0.05, 0) is 30.8 Å². The van der Waals surface area contributed by atoms with Gasteiger partial charge in [0.15, 0.2) is 5.11 Å². The maximum absolute atomic E-state index is 5.44. The summed E-state index contributed by atoms with van der Waals surface area (Å²) in [5.41, 5.74) is 1.31. The van der Waals surface area contributed by atoms with E-state index >= 15 is 0 Å². The van der Waals surface area contributed by atoms with E-state index in [0.717, 1.165) is 37.8 Å². The van der Waals surface area contributed by atoms with Gasteiger partial charge in [-0.3, -0.25) is 0 Å². The summed E-state index contributed by atoms with van der Waals surface area (Å²) in [6.45, 7) is 7.29. The lowest BCUT2D eigenvalue weighted by atomic mass is 10.2. The predicted octanol–water partition coefficient (Wildman–Crippen LogP) is 2.48. The molecule has 19 heavy (non-hydrogen) atoms. The number of benzene rings is 1. The number of hydrogen-bond acceptors (Lipinski definition) is 2. The number of piperazine rings is 1. The van der Waals surface area contributed by atoms with Crippen LogP contribution in [0, 0.1) is 0 Å². The van der Waals surface area contributed by atoms with E-state index in [1.54, 1.807) is 0 Å². The molecule has 1 fully saturated rings. The van der Waals surface area contributed by atoms with Crippen LogP contribution in [0.1, 0.15) is 19.8 Å². The van der Waals surface area contributed by atoms with Gasteiger partial charge in [0.05, 0.1) is 0 Å². The molecule has 1 N–H and O–H groups in total. The molecule has 1 aromatic rings. The number of hydrogen-bond donors (Lipinski definition) is 1. The van der Waals surface area contributed by atoms with Crippen LogP contribution in [0.3, 0.4) is 0 Å². The van der Waals surface area contributed by atoms with Crippen LogP contribution in [0.4, 0.5) is 5.69 Å². The van der Waals surface area contributed by atoms with Crippen molar-refractivity contribution in [2.75, 3.05) is 37.6 Å². The zero-order chi connectivity index (χ0) is 13.5. The molecule has 104 valence electrons. The third kappa shape index (κ3) is 4.10. The van der Waals surface area contributed by atoms with Crippen LogP contribution in [0.5, 0.6) is 0 Å². The van der Waals surface area contributed by atoms with E-state index in [1.165, 1.54) is 18.5 Å². The van der Waals surface area contributed by atoms with E-state index in [1.807, 2.05) is 0 Å². The molecule has 0 aromatic heterocycles. The van der Waals surface area contributed by atoms with Gasteiger partial charge in [-0.15, -0.1) is 0 Å². The van der Waals surface area contributed by atoms with Crippen LogP contribution in [-0.2, 0) is 0 Å². The second kappa shape index (κ2) is 7.34. The average Bonchev–Trinajstić information content (AvgIpc) is 2.48. The summed E-state index contributed by atoms with van der Waals surface area (Å²) in [7, 11) is 0. The normalized spacial score (nSPS) is 15.4. The van der Waals surface area contributed by atoms with Gasteiger partial charge in [0.25, 0.3) is 0 Å². The van der Waals surface area contributed by atoms with Crippen molar-refractivity contribution in [3.05, 3.63) is 30.3 Å². The van der Waals surface area contributed by atoms with Crippen molar-refractivity contribution in [3.8, 4) is 0 Å². The Balaban J connectivity index is 1.77. The molecule has 1 aliphatic heterocycles. The SMILES string of the molecule is CCCCNC(=S)N1CCN(c2ccccc2)CC1. The van der Waals surface area contributed by atoms with Gasteiger partial charge in [-0.25, -0.2) is 0 Å². The van der Waals surface area contributed by atoms with Gasteiger partial charge in [0.1, 0.15) is 0 Å². The minimum absolute atomic E-state index is 0.918. The van der Waals surface area contributed by atoms with Crippen molar-refractivity contribution in [3.63, 3.8) is 0 Å². The second-order valence-electron chi connectivity index (χ2n) is 4.90. The van der Waals surface area contributed by atoms with Gasteiger partial charge in [0.2, 0.25) is 0 Å². The smallest absolute Gasteiger partial charge is 0.169 e. The van der Waals surface area contributed by atoms with Crippen LogP contribution < -0.4 is 10.2 Å². The van der Waals surface area contributed by atoms with Crippen molar-refractivity contribution >= 4 is 23.0 Å². The van der Waals surface area contributed by atoms with Crippen molar-refractivity contribution in [2.24, 2.45) is 0 Å². The summed E-state index contributed by atoms with van der Waals surface area (Å²) in [6, 6.07) is 10.6. The summed E-state index contributed by atoms with van der Waals surface area (Å²) in [5, 5.41) is 4.26. The molecule has 0 aliphatic carbocycles. The number of anilines is 1. The molecule has 0 atom stereocenters. The lowest BCUT2D eigenvalue weighted by Gasteiger charge is -2.37. The van der Waals surface area contributed by atoms with Crippen molar-refractivity contribution in [1.82, 2.24) is 10.2 Å². The van der Waals surface area contributed by atoms with E-state index in [-0.39, 0.29) is 0 Å². The molecule has 0 radical (unpaired) electrons. The summed E-state index contributed by atoms with van der Waals surface area (Å²) in [5.74, 6) is 0. The molecule has 0 bridgehead atoms. The van der Waals surface area contributed by atoms with E-state index < -0.39 is 0 Å². The number of rotatable bonds is 4. The largest absolute Gasteiger partial charge is 0.368 e. The standard InChI is InChI=1S/C15H23N3S/c1-2-3-9-16-15(19)18-12-10-17(11-13-18)14-7-5-4-6-8-14/h4-8H,2-3,9-13H2,1H3,(H,16,19). The predicted molar refractivity (Wildman–Crippen MR) is 85.7 cm³/mol. The van der Waals surface area contributed by atoms with Gasteiger partial charge in [-0.1, -0.05) is 31.5 Å². The summed E-state index contributed by atoms with van der Waals surface area (Å²) < 4.78 is 0. The third-order valence-corrected chi connectivity index (χ3v) is 3.90. The first-order chi connectivity index (χ1) is 9.31. The number of nitrogens with one attached hydrogen (secondary N) is 1. The van der Waals surface area contributed by atoms with Crippen LogP contribution >= 0.6 is 12.2 Å². The van der Waals surface area contributed by atoms with Gasteiger partial charge in [0, 0.05) is 38.4 Å². The number of nitrogens with zero attached hydrogens (tertiary/aromatic N) is 2. The summed E-state index contributed by atoms with van der Waals surface area (Å²) >= 11 is 5.44. The first kappa shape index (κ1) is 14.1.